The molecule has 0 aliphatic rings. The van der Waals surface area contributed by atoms with Crippen molar-refractivity contribution in [2.24, 2.45) is 0 Å². The maximum absolute atomic E-state index is 13.3. The summed E-state index contributed by atoms with van der Waals surface area (Å²) < 4.78 is 42.2. The second-order valence-electron chi connectivity index (χ2n) is 6.92. The molecule has 8 heteroatoms. The zero-order valence-corrected chi connectivity index (χ0v) is 18.2. The van der Waals surface area contributed by atoms with Crippen LogP contribution in [0, 0.1) is 13.0 Å². The number of carbonyl (C=O) groups excluding carboxylic acids is 1. The first-order chi connectivity index (χ1) is 15.2. The quantitative estimate of drug-likeness (QED) is 0.331. The zero-order valence-electron chi connectivity index (χ0n) is 16.6. The standard InChI is InChI=1S/C24H15BrF3N2O2/c1-14-21(23(31)29-17-8-5-9-18(13-17)32-24(26,27)28)19-12-16(25)10-11-20(19)30-22(14)15-6-3-2-4-7-15/h2-12H,1H3,(H,29,31). The van der Waals surface area contributed by atoms with E-state index in [2.05, 4.69) is 32.0 Å². The third-order valence-electron chi connectivity index (χ3n) is 4.71. The van der Waals surface area contributed by atoms with Gasteiger partial charge in [0.1, 0.15) is 5.75 Å². The van der Waals surface area contributed by atoms with Gasteiger partial charge in [0.2, 0.25) is 0 Å². The van der Waals surface area contributed by atoms with Gasteiger partial charge in [-0.25, -0.2) is 4.98 Å². The molecule has 0 bridgehead atoms. The van der Waals surface area contributed by atoms with Crippen LogP contribution >= 0.6 is 15.9 Å². The molecule has 0 fully saturated rings. The predicted octanol–water partition coefficient (Wildman–Crippen LogP) is 6.92. The Morgan fingerprint density at radius 2 is 1.81 bits per heavy atom. The lowest BCUT2D eigenvalue weighted by atomic mass is 9.97. The lowest BCUT2D eigenvalue weighted by molar-refractivity contribution is -0.274. The molecule has 0 atom stereocenters. The highest BCUT2D eigenvalue weighted by molar-refractivity contribution is 9.10. The summed E-state index contributed by atoms with van der Waals surface area (Å²) in [6.45, 7) is 1.79. The molecule has 0 unspecified atom stereocenters. The molecule has 1 radical (unpaired) electrons. The number of nitrogens with one attached hydrogen (secondary N) is 1. The van der Waals surface area contributed by atoms with E-state index in [1.54, 1.807) is 19.1 Å². The van der Waals surface area contributed by atoms with Crippen molar-refractivity contribution in [3.8, 4) is 17.0 Å². The zero-order chi connectivity index (χ0) is 22.9. The number of benzene rings is 3. The molecule has 0 spiro atoms. The fraction of sp³-hybridized carbons (Fsp3) is 0.0833. The van der Waals surface area contributed by atoms with Crippen LogP contribution in [0.5, 0.6) is 5.75 Å². The van der Waals surface area contributed by atoms with Gasteiger partial charge in [-0.3, -0.25) is 4.79 Å². The number of halogens is 4. The Kier molecular flexibility index (Phi) is 5.88. The molecule has 0 aliphatic heterocycles. The van der Waals surface area contributed by atoms with E-state index >= 15 is 0 Å². The normalized spacial score (nSPS) is 11.4. The van der Waals surface area contributed by atoms with Gasteiger partial charge in [-0.1, -0.05) is 52.3 Å². The van der Waals surface area contributed by atoms with E-state index in [-0.39, 0.29) is 5.69 Å². The maximum atomic E-state index is 13.3. The average Bonchev–Trinajstić information content (AvgIpc) is 2.73. The molecule has 4 rings (SSSR count). The van der Waals surface area contributed by atoms with Crippen LogP contribution in [0.4, 0.5) is 18.9 Å². The van der Waals surface area contributed by atoms with Crippen molar-refractivity contribution in [1.29, 1.82) is 0 Å². The number of rotatable bonds is 4. The highest BCUT2D eigenvalue weighted by atomic mass is 79.9. The molecule has 3 aromatic carbocycles. The van der Waals surface area contributed by atoms with Gasteiger partial charge >= 0.3 is 6.36 Å². The van der Waals surface area contributed by atoms with Gasteiger partial charge in [0, 0.05) is 15.4 Å². The summed E-state index contributed by atoms with van der Waals surface area (Å²) in [5.74, 6) is -1.04. The number of hydrogen-bond acceptors (Lipinski definition) is 3. The van der Waals surface area contributed by atoms with Crippen molar-refractivity contribution in [2.45, 2.75) is 13.3 Å². The molecular formula is C24H15BrF3N2O2. The van der Waals surface area contributed by atoms with Crippen LogP contribution in [0.15, 0.2) is 71.2 Å². The van der Waals surface area contributed by atoms with Crippen molar-refractivity contribution in [1.82, 2.24) is 4.98 Å². The van der Waals surface area contributed by atoms with E-state index < -0.39 is 18.0 Å². The Labute approximate surface area is 190 Å². The number of anilines is 1. The first kappa shape index (κ1) is 21.8. The van der Waals surface area contributed by atoms with Crippen molar-refractivity contribution in [2.75, 3.05) is 5.32 Å². The van der Waals surface area contributed by atoms with E-state index in [1.807, 2.05) is 36.4 Å². The van der Waals surface area contributed by atoms with Crippen LogP contribution < -0.4 is 10.1 Å². The van der Waals surface area contributed by atoms with Gasteiger partial charge < -0.3 is 10.1 Å². The van der Waals surface area contributed by atoms with Crippen LogP contribution in [0.2, 0.25) is 0 Å². The number of nitrogens with zero attached hydrogens (tertiary/aromatic N) is 1. The van der Waals surface area contributed by atoms with Gasteiger partial charge in [0.15, 0.2) is 0 Å². The van der Waals surface area contributed by atoms with E-state index in [1.165, 1.54) is 12.1 Å². The van der Waals surface area contributed by atoms with Crippen molar-refractivity contribution < 1.29 is 22.7 Å². The number of hydrogen-bond donors (Lipinski definition) is 1. The monoisotopic (exact) mass is 499 g/mol. The van der Waals surface area contributed by atoms with E-state index in [9.17, 15) is 18.0 Å². The summed E-state index contributed by atoms with van der Waals surface area (Å²) in [5.41, 5.74) is 3.16. The topological polar surface area (TPSA) is 51.2 Å². The SMILES string of the molecule is Cc1c(-c2ccccc2)nc2ccc(Br)cc2c1C(=O)Nc1[c]c(OC(F)(F)F)ccc1. The molecule has 161 valence electrons. The summed E-state index contributed by atoms with van der Waals surface area (Å²) in [7, 11) is 0. The van der Waals surface area contributed by atoms with Crippen LogP contribution in [0.25, 0.3) is 22.2 Å². The lowest BCUT2D eigenvalue weighted by Crippen LogP contribution is -2.18. The first-order valence-electron chi connectivity index (χ1n) is 9.46. The summed E-state index contributed by atoms with van der Waals surface area (Å²) in [5, 5.41) is 3.24. The number of alkyl halides is 3. The number of carbonyl (C=O) groups is 1. The molecule has 0 aliphatic carbocycles. The number of aromatic nitrogens is 1. The summed E-state index contributed by atoms with van der Waals surface area (Å²) in [6.07, 6.45) is -4.85. The Hall–Kier alpha value is -3.39. The minimum absolute atomic E-state index is 0.0531. The minimum Gasteiger partial charge on any atom is -0.405 e. The van der Waals surface area contributed by atoms with Gasteiger partial charge in [-0.05, 0) is 42.8 Å². The molecule has 1 amide bonds. The molecule has 1 N–H and O–H groups in total. The first-order valence-corrected chi connectivity index (χ1v) is 10.3. The summed E-state index contributed by atoms with van der Waals surface area (Å²) in [6, 6.07) is 21.2. The molecule has 4 aromatic rings. The molecule has 1 aromatic heterocycles. The molecular weight excluding hydrogens is 485 g/mol. The Morgan fingerprint density at radius 3 is 2.53 bits per heavy atom. The Balaban J connectivity index is 1.79. The molecule has 4 nitrogen and oxygen atoms in total. The maximum Gasteiger partial charge on any atom is 0.573 e. The summed E-state index contributed by atoms with van der Waals surface area (Å²) >= 11 is 3.42. The fourth-order valence-electron chi connectivity index (χ4n) is 3.39. The van der Waals surface area contributed by atoms with Crippen LogP contribution in [0.1, 0.15) is 15.9 Å². The van der Waals surface area contributed by atoms with E-state index in [4.69, 9.17) is 4.98 Å². The van der Waals surface area contributed by atoms with Gasteiger partial charge in [-0.2, -0.15) is 0 Å². The van der Waals surface area contributed by atoms with E-state index in [0.29, 0.717) is 27.7 Å². The van der Waals surface area contributed by atoms with Crippen LogP contribution in [-0.2, 0) is 0 Å². The Morgan fingerprint density at radius 1 is 1.06 bits per heavy atom. The largest absolute Gasteiger partial charge is 0.573 e. The number of pyridine rings is 1. The van der Waals surface area contributed by atoms with Crippen LogP contribution in [0.3, 0.4) is 0 Å². The summed E-state index contributed by atoms with van der Waals surface area (Å²) in [4.78, 5) is 18.0. The minimum atomic E-state index is -4.85. The highest BCUT2D eigenvalue weighted by Gasteiger charge is 2.31. The van der Waals surface area contributed by atoms with Gasteiger partial charge in [-0.15, -0.1) is 13.2 Å². The van der Waals surface area contributed by atoms with Crippen molar-refractivity contribution >= 4 is 38.4 Å². The third-order valence-corrected chi connectivity index (χ3v) is 5.20. The second-order valence-corrected chi connectivity index (χ2v) is 7.83. The van der Waals surface area contributed by atoms with E-state index in [0.717, 1.165) is 16.1 Å². The molecule has 0 saturated carbocycles. The molecule has 0 saturated heterocycles. The Bertz CT molecular complexity index is 1310. The molecule has 1 heterocycles. The van der Waals surface area contributed by atoms with Gasteiger partial charge in [0.05, 0.1) is 28.5 Å². The third kappa shape index (κ3) is 4.75. The number of amides is 1. The second kappa shape index (κ2) is 8.63. The smallest absolute Gasteiger partial charge is 0.405 e. The molecule has 32 heavy (non-hydrogen) atoms. The average molecular weight is 500 g/mol. The van der Waals surface area contributed by atoms with Gasteiger partial charge in [0.25, 0.3) is 5.91 Å². The van der Waals surface area contributed by atoms with Crippen LogP contribution in [-0.4, -0.2) is 17.3 Å². The van der Waals surface area contributed by atoms with Crippen molar-refractivity contribution in [3.05, 3.63) is 88.4 Å². The van der Waals surface area contributed by atoms with Crippen molar-refractivity contribution in [3.63, 3.8) is 0 Å². The number of ether oxygens (including phenoxy) is 1. The lowest BCUT2D eigenvalue weighted by Gasteiger charge is -2.15. The predicted molar refractivity (Wildman–Crippen MR) is 120 cm³/mol. The fourth-order valence-corrected chi connectivity index (χ4v) is 3.75. The number of fused-ring (bicyclic) bond motifs is 1. The highest BCUT2D eigenvalue weighted by Crippen LogP contribution is 2.32.